The van der Waals surface area contributed by atoms with Crippen molar-refractivity contribution in [2.45, 2.75) is 32.9 Å². The van der Waals surface area contributed by atoms with E-state index in [1.165, 1.54) is 11.8 Å². The molecule has 6 heteroatoms. The van der Waals surface area contributed by atoms with Gasteiger partial charge in [-0.3, -0.25) is 0 Å². The molecule has 22 heavy (non-hydrogen) atoms. The fourth-order valence-electron chi connectivity index (χ4n) is 3.01. The summed E-state index contributed by atoms with van der Waals surface area (Å²) in [4.78, 5) is 0. The number of hydrogen-bond acceptors (Lipinski definition) is 4. The highest BCUT2D eigenvalue weighted by Crippen LogP contribution is 2.21. The number of methoxy groups -OCH3 is 1. The molecule has 0 spiro atoms. The second-order valence-electron chi connectivity index (χ2n) is 6.18. The van der Waals surface area contributed by atoms with E-state index in [9.17, 15) is 8.42 Å². The van der Waals surface area contributed by atoms with E-state index >= 15 is 0 Å². The molecular formula is C16H26N2O3S. The SMILES string of the molecule is COc1ccc(CN[C@@H]2CCN(S(C)(=O)=O)C[C@@H]2C)cc1C. The summed E-state index contributed by atoms with van der Waals surface area (Å²) in [6.07, 6.45) is 2.14. The van der Waals surface area contributed by atoms with Crippen LogP contribution in [0.3, 0.4) is 0 Å². The lowest BCUT2D eigenvalue weighted by atomic mass is 9.95. The van der Waals surface area contributed by atoms with Gasteiger partial charge in [-0.15, -0.1) is 0 Å². The molecule has 0 bridgehead atoms. The zero-order valence-corrected chi connectivity index (χ0v) is 14.6. The first-order valence-electron chi connectivity index (χ1n) is 7.63. The first-order valence-corrected chi connectivity index (χ1v) is 9.48. The van der Waals surface area contributed by atoms with Crippen LogP contribution in [-0.4, -0.2) is 45.2 Å². The zero-order chi connectivity index (χ0) is 16.3. The Kier molecular flexibility index (Phi) is 5.47. The number of rotatable bonds is 5. The molecule has 0 aliphatic carbocycles. The Hall–Kier alpha value is -1.11. The lowest BCUT2D eigenvalue weighted by molar-refractivity contribution is 0.220. The summed E-state index contributed by atoms with van der Waals surface area (Å²) in [5.74, 6) is 1.21. The van der Waals surface area contributed by atoms with Gasteiger partial charge in [-0.25, -0.2) is 12.7 Å². The minimum Gasteiger partial charge on any atom is -0.496 e. The third-order valence-corrected chi connectivity index (χ3v) is 5.63. The van der Waals surface area contributed by atoms with Crippen molar-refractivity contribution in [1.82, 2.24) is 9.62 Å². The number of nitrogens with one attached hydrogen (secondary N) is 1. The molecule has 0 amide bonds. The summed E-state index contributed by atoms with van der Waals surface area (Å²) < 4.78 is 30.1. The van der Waals surface area contributed by atoms with Gasteiger partial charge in [0.1, 0.15) is 5.75 Å². The lowest BCUT2D eigenvalue weighted by Gasteiger charge is -2.36. The maximum absolute atomic E-state index is 11.6. The number of hydrogen-bond donors (Lipinski definition) is 1. The Balaban J connectivity index is 1.91. The predicted octanol–water partition coefficient (Wildman–Crippen LogP) is 1.76. The van der Waals surface area contributed by atoms with Crippen LogP contribution in [0, 0.1) is 12.8 Å². The third kappa shape index (κ3) is 4.21. The smallest absolute Gasteiger partial charge is 0.211 e. The average molecular weight is 326 g/mol. The zero-order valence-electron chi connectivity index (χ0n) is 13.8. The topological polar surface area (TPSA) is 58.6 Å². The number of nitrogens with zero attached hydrogens (tertiary/aromatic N) is 1. The second kappa shape index (κ2) is 6.98. The number of piperidine rings is 1. The van der Waals surface area contributed by atoms with E-state index in [2.05, 4.69) is 24.4 Å². The van der Waals surface area contributed by atoms with E-state index in [0.717, 1.165) is 24.3 Å². The predicted molar refractivity (Wildman–Crippen MR) is 88.6 cm³/mol. The molecule has 0 saturated carbocycles. The van der Waals surface area contributed by atoms with E-state index < -0.39 is 10.0 Å². The molecular weight excluding hydrogens is 300 g/mol. The molecule has 1 aromatic rings. The van der Waals surface area contributed by atoms with Gasteiger partial charge in [0.05, 0.1) is 13.4 Å². The van der Waals surface area contributed by atoms with Crippen molar-refractivity contribution in [2.75, 3.05) is 26.5 Å². The quantitative estimate of drug-likeness (QED) is 0.896. The Morgan fingerprint density at radius 3 is 2.68 bits per heavy atom. The molecule has 1 fully saturated rings. The summed E-state index contributed by atoms with van der Waals surface area (Å²) in [6, 6.07) is 6.53. The first kappa shape index (κ1) is 17.2. The van der Waals surface area contributed by atoms with Crippen molar-refractivity contribution in [3.8, 4) is 5.75 Å². The number of aryl methyl sites for hydroxylation is 1. The molecule has 0 unspecified atom stereocenters. The van der Waals surface area contributed by atoms with Gasteiger partial charge in [0.25, 0.3) is 0 Å². The molecule has 1 aliphatic rings. The molecule has 1 aromatic carbocycles. The monoisotopic (exact) mass is 326 g/mol. The van der Waals surface area contributed by atoms with Gasteiger partial charge in [0, 0.05) is 25.7 Å². The van der Waals surface area contributed by atoms with Crippen molar-refractivity contribution >= 4 is 10.0 Å². The largest absolute Gasteiger partial charge is 0.496 e. The minimum absolute atomic E-state index is 0.308. The fraction of sp³-hybridized carbons (Fsp3) is 0.625. The van der Waals surface area contributed by atoms with E-state index in [1.54, 1.807) is 11.4 Å². The van der Waals surface area contributed by atoms with Gasteiger partial charge in [-0.05, 0) is 36.5 Å². The highest BCUT2D eigenvalue weighted by molar-refractivity contribution is 7.88. The summed E-state index contributed by atoms with van der Waals surface area (Å²) in [7, 11) is -1.39. The average Bonchev–Trinajstić information content (AvgIpc) is 2.45. The number of ether oxygens (including phenoxy) is 1. The Labute approximate surface area is 133 Å². The van der Waals surface area contributed by atoms with E-state index in [-0.39, 0.29) is 0 Å². The molecule has 0 radical (unpaired) electrons. The molecule has 5 nitrogen and oxygen atoms in total. The maximum atomic E-state index is 11.6. The highest BCUT2D eigenvalue weighted by atomic mass is 32.2. The summed E-state index contributed by atoms with van der Waals surface area (Å²) >= 11 is 0. The molecule has 1 aliphatic heterocycles. The lowest BCUT2D eigenvalue weighted by Crippen LogP contribution is -2.49. The fourth-order valence-corrected chi connectivity index (χ4v) is 3.95. The van der Waals surface area contributed by atoms with E-state index in [4.69, 9.17) is 4.74 Å². The van der Waals surface area contributed by atoms with Gasteiger partial charge in [0.15, 0.2) is 0 Å². The van der Waals surface area contributed by atoms with Gasteiger partial charge in [-0.2, -0.15) is 0 Å². The van der Waals surface area contributed by atoms with E-state index in [0.29, 0.717) is 25.0 Å². The minimum atomic E-state index is -3.07. The van der Waals surface area contributed by atoms with Gasteiger partial charge in [-0.1, -0.05) is 19.1 Å². The maximum Gasteiger partial charge on any atom is 0.211 e. The molecule has 124 valence electrons. The van der Waals surface area contributed by atoms with Crippen LogP contribution in [0.1, 0.15) is 24.5 Å². The van der Waals surface area contributed by atoms with Crippen LogP contribution in [0.4, 0.5) is 0 Å². The number of sulfonamides is 1. The van der Waals surface area contributed by atoms with Crippen LogP contribution >= 0.6 is 0 Å². The third-order valence-electron chi connectivity index (χ3n) is 4.36. The van der Waals surface area contributed by atoms with Crippen molar-refractivity contribution in [2.24, 2.45) is 5.92 Å². The van der Waals surface area contributed by atoms with Crippen LogP contribution in [-0.2, 0) is 16.6 Å². The summed E-state index contributed by atoms with van der Waals surface area (Å²) in [5.41, 5.74) is 2.35. The molecule has 1 heterocycles. The second-order valence-corrected chi connectivity index (χ2v) is 8.16. The number of benzene rings is 1. The van der Waals surface area contributed by atoms with Gasteiger partial charge >= 0.3 is 0 Å². The Morgan fingerprint density at radius 1 is 1.41 bits per heavy atom. The standard InChI is InChI=1S/C16H26N2O3S/c1-12-9-14(5-6-16(12)21-3)10-17-15-7-8-18(11-13(15)2)22(4,19)20/h5-6,9,13,15,17H,7-8,10-11H2,1-4H3/t13-,15+/m0/s1. The van der Waals surface area contributed by atoms with Gasteiger partial charge in [0.2, 0.25) is 10.0 Å². The molecule has 0 aromatic heterocycles. The van der Waals surface area contributed by atoms with E-state index in [1.807, 2.05) is 13.0 Å². The normalized spacial score (nSPS) is 23.5. The first-order chi connectivity index (χ1) is 10.3. The molecule has 1 N–H and O–H groups in total. The van der Waals surface area contributed by atoms with Crippen molar-refractivity contribution in [3.05, 3.63) is 29.3 Å². The summed E-state index contributed by atoms with van der Waals surface area (Å²) in [6.45, 7) is 6.13. The van der Waals surface area contributed by atoms with Crippen LogP contribution in [0.25, 0.3) is 0 Å². The van der Waals surface area contributed by atoms with Gasteiger partial charge < -0.3 is 10.1 Å². The van der Waals surface area contributed by atoms with Crippen LogP contribution < -0.4 is 10.1 Å². The highest BCUT2D eigenvalue weighted by Gasteiger charge is 2.29. The van der Waals surface area contributed by atoms with Crippen molar-refractivity contribution < 1.29 is 13.2 Å². The molecule has 1 saturated heterocycles. The Bertz CT molecular complexity index is 616. The molecule has 2 atom stereocenters. The Morgan fingerprint density at radius 2 is 2.14 bits per heavy atom. The van der Waals surface area contributed by atoms with Crippen LogP contribution in [0.2, 0.25) is 0 Å². The van der Waals surface area contributed by atoms with Crippen molar-refractivity contribution in [3.63, 3.8) is 0 Å². The van der Waals surface area contributed by atoms with Crippen molar-refractivity contribution in [1.29, 1.82) is 0 Å². The molecule has 2 rings (SSSR count). The summed E-state index contributed by atoms with van der Waals surface area (Å²) in [5, 5.41) is 3.56. The van der Waals surface area contributed by atoms with Crippen LogP contribution in [0.5, 0.6) is 5.75 Å². The van der Waals surface area contributed by atoms with Crippen LogP contribution in [0.15, 0.2) is 18.2 Å².